The molecule has 3 aromatic rings. The van der Waals surface area contributed by atoms with Gasteiger partial charge in [-0.15, -0.1) is 33.9 Å². The number of carbonyl (C=O) groups excluding carboxylic acids is 3. The van der Waals surface area contributed by atoms with Crippen LogP contribution in [0.5, 0.6) is 0 Å². The van der Waals surface area contributed by atoms with Crippen LogP contribution in [-0.4, -0.2) is 73.0 Å². The third-order valence-electron chi connectivity index (χ3n) is 6.61. The highest BCUT2D eigenvalue weighted by atomic mass is 35.5. The van der Waals surface area contributed by atoms with Crippen molar-refractivity contribution in [2.75, 3.05) is 18.9 Å². The van der Waals surface area contributed by atoms with Gasteiger partial charge in [0.25, 0.3) is 5.91 Å². The Labute approximate surface area is 234 Å². The first-order valence-electron chi connectivity index (χ1n) is 11.9. The predicted octanol–water partition coefficient (Wildman–Crippen LogP) is 1.84. The fraction of sp³-hybridized carbons (Fsp3) is 0.435. The molecule has 202 valence electrons. The van der Waals surface area contributed by atoms with Gasteiger partial charge in [-0.1, -0.05) is 11.6 Å². The smallest absolute Gasteiger partial charge is 0.314 e. The molecule has 1 aliphatic carbocycles. The van der Waals surface area contributed by atoms with Crippen LogP contribution in [0.3, 0.4) is 0 Å². The fourth-order valence-corrected chi connectivity index (χ4v) is 5.86. The van der Waals surface area contributed by atoms with Gasteiger partial charge in [-0.25, -0.2) is 9.97 Å². The Balaban J connectivity index is 0.00000336. The van der Waals surface area contributed by atoms with Crippen molar-refractivity contribution < 1.29 is 14.4 Å². The van der Waals surface area contributed by atoms with Crippen LogP contribution in [0.15, 0.2) is 31.0 Å². The maximum atomic E-state index is 13.2. The standard InChI is InChI=1S/C23H26ClN9O3S.ClH/c1-32-7-6-16-18(10-32)37-23(30-16)22(36)29-17-8-14(33-11-26-27-12-33)3-4-15(17)28-20(34)21(35)31-19-5-2-13(24)9-25-19;/h2,5,9,11-12,14-15,17H,3-4,6-8,10H2,1H3,(H,28,34)(H,29,36)(H,25,31,35);1H/t14-,15-,17+;/m0./s1. The second kappa shape index (κ2) is 12.2. The van der Waals surface area contributed by atoms with Crippen molar-refractivity contribution in [2.24, 2.45) is 0 Å². The van der Waals surface area contributed by atoms with Crippen LogP contribution in [0.25, 0.3) is 0 Å². The third kappa shape index (κ3) is 6.46. The quantitative estimate of drug-likeness (QED) is 0.388. The number of hydrogen-bond acceptors (Lipinski definition) is 9. The van der Waals surface area contributed by atoms with Gasteiger partial charge < -0.3 is 25.4 Å². The van der Waals surface area contributed by atoms with Crippen molar-refractivity contribution in [1.29, 1.82) is 0 Å². The number of amides is 3. The summed E-state index contributed by atoms with van der Waals surface area (Å²) in [5, 5.41) is 16.9. The summed E-state index contributed by atoms with van der Waals surface area (Å²) in [7, 11) is 2.04. The maximum absolute atomic E-state index is 13.2. The Kier molecular flexibility index (Phi) is 8.92. The molecule has 1 aliphatic heterocycles. The Morgan fingerprint density at radius 1 is 1.08 bits per heavy atom. The first-order valence-corrected chi connectivity index (χ1v) is 13.1. The maximum Gasteiger partial charge on any atom is 0.314 e. The molecule has 0 spiro atoms. The number of fused-ring (bicyclic) bond motifs is 1. The predicted molar refractivity (Wildman–Crippen MR) is 143 cm³/mol. The van der Waals surface area contributed by atoms with Gasteiger partial charge in [0.2, 0.25) is 0 Å². The van der Waals surface area contributed by atoms with Crippen LogP contribution < -0.4 is 16.0 Å². The molecule has 0 radical (unpaired) electrons. The highest BCUT2D eigenvalue weighted by molar-refractivity contribution is 7.13. The molecule has 1 saturated carbocycles. The van der Waals surface area contributed by atoms with Crippen molar-refractivity contribution in [3.8, 4) is 0 Å². The van der Waals surface area contributed by atoms with E-state index in [4.69, 9.17) is 11.6 Å². The van der Waals surface area contributed by atoms with Gasteiger partial charge in [0.15, 0.2) is 5.01 Å². The van der Waals surface area contributed by atoms with Gasteiger partial charge in [-0.3, -0.25) is 14.4 Å². The van der Waals surface area contributed by atoms with Crippen molar-refractivity contribution in [3.05, 3.63) is 51.6 Å². The lowest BCUT2D eigenvalue weighted by Gasteiger charge is -2.37. The van der Waals surface area contributed by atoms with Gasteiger partial charge in [-0.2, -0.15) is 0 Å². The number of likely N-dealkylation sites (N-methyl/N-ethyl adjacent to an activating group) is 1. The van der Waals surface area contributed by atoms with Crippen LogP contribution in [-0.2, 0) is 22.6 Å². The van der Waals surface area contributed by atoms with Crippen LogP contribution in [0.2, 0.25) is 5.02 Å². The summed E-state index contributed by atoms with van der Waals surface area (Å²) in [4.78, 5) is 50.3. The molecule has 3 aromatic heterocycles. The zero-order valence-corrected chi connectivity index (χ0v) is 22.9. The largest absolute Gasteiger partial charge is 0.345 e. The van der Waals surface area contributed by atoms with E-state index in [0.717, 1.165) is 30.1 Å². The summed E-state index contributed by atoms with van der Waals surface area (Å²) in [6.07, 6.45) is 7.26. The van der Waals surface area contributed by atoms with Crippen LogP contribution in [0, 0.1) is 0 Å². The molecule has 2 aliphatic rings. The first-order chi connectivity index (χ1) is 17.9. The van der Waals surface area contributed by atoms with E-state index < -0.39 is 23.9 Å². The first kappa shape index (κ1) is 27.9. The molecule has 3 amide bonds. The van der Waals surface area contributed by atoms with E-state index in [9.17, 15) is 14.4 Å². The highest BCUT2D eigenvalue weighted by Gasteiger charge is 2.35. The number of rotatable bonds is 5. The average Bonchev–Trinajstić information content (AvgIpc) is 3.56. The molecule has 12 nitrogen and oxygen atoms in total. The van der Waals surface area contributed by atoms with E-state index >= 15 is 0 Å². The van der Waals surface area contributed by atoms with Gasteiger partial charge in [-0.05, 0) is 38.4 Å². The monoisotopic (exact) mass is 579 g/mol. The highest BCUT2D eigenvalue weighted by Crippen LogP contribution is 2.30. The molecule has 5 rings (SSSR count). The Morgan fingerprint density at radius 2 is 1.87 bits per heavy atom. The second-order valence-corrected chi connectivity index (χ2v) is 10.7. The normalized spacial score (nSPS) is 21.1. The molecular formula is C23H27Cl2N9O3S. The molecule has 0 saturated heterocycles. The zero-order chi connectivity index (χ0) is 25.9. The molecule has 4 heterocycles. The van der Waals surface area contributed by atoms with Crippen molar-refractivity contribution in [3.63, 3.8) is 0 Å². The van der Waals surface area contributed by atoms with Gasteiger partial charge in [0.05, 0.1) is 16.8 Å². The number of hydrogen-bond donors (Lipinski definition) is 3. The lowest BCUT2D eigenvalue weighted by molar-refractivity contribution is -0.136. The number of nitrogens with one attached hydrogen (secondary N) is 3. The Morgan fingerprint density at radius 3 is 2.61 bits per heavy atom. The number of halogens is 2. The molecule has 0 bridgehead atoms. The molecule has 3 atom stereocenters. The van der Waals surface area contributed by atoms with Crippen LogP contribution in [0.1, 0.15) is 45.7 Å². The van der Waals surface area contributed by atoms with Gasteiger partial charge in [0.1, 0.15) is 18.5 Å². The van der Waals surface area contributed by atoms with Gasteiger partial charge in [0, 0.05) is 42.7 Å². The molecule has 0 aromatic carbocycles. The van der Waals surface area contributed by atoms with E-state index in [1.807, 2.05) is 11.6 Å². The summed E-state index contributed by atoms with van der Waals surface area (Å²) in [5.41, 5.74) is 0.969. The van der Waals surface area contributed by atoms with Crippen molar-refractivity contribution in [1.82, 2.24) is 40.3 Å². The summed E-state index contributed by atoms with van der Waals surface area (Å²) in [6, 6.07) is 2.23. The number of aromatic nitrogens is 5. The molecule has 0 unspecified atom stereocenters. The van der Waals surface area contributed by atoms with Crippen molar-refractivity contribution in [2.45, 2.75) is 50.4 Å². The van der Waals surface area contributed by atoms with Crippen LogP contribution in [0.4, 0.5) is 5.82 Å². The summed E-state index contributed by atoms with van der Waals surface area (Å²) in [5.74, 6) is -1.73. The molecular weight excluding hydrogens is 553 g/mol. The van der Waals surface area contributed by atoms with E-state index in [1.54, 1.807) is 18.7 Å². The molecule has 3 N–H and O–H groups in total. The molecule has 38 heavy (non-hydrogen) atoms. The minimum Gasteiger partial charge on any atom is -0.345 e. The number of nitrogens with zero attached hydrogens (tertiary/aromatic N) is 6. The minimum absolute atomic E-state index is 0. The van der Waals surface area contributed by atoms with E-state index in [0.29, 0.717) is 29.3 Å². The lowest BCUT2D eigenvalue weighted by atomic mass is 9.86. The zero-order valence-electron chi connectivity index (χ0n) is 20.5. The number of thiazole rings is 1. The van der Waals surface area contributed by atoms with Gasteiger partial charge >= 0.3 is 11.8 Å². The number of anilines is 1. The minimum atomic E-state index is -0.849. The average molecular weight is 581 g/mol. The van der Waals surface area contributed by atoms with E-state index in [-0.39, 0.29) is 30.2 Å². The summed E-state index contributed by atoms with van der Waals surface area (Å²) >= 11 is 7.22. The summed E-state index contributed by atoms with van der Waals surface area (Å²) < 4.78 is 1.90. The van der Waals surface area contributed by atoms with E-state index in [2.05, 4.69) is 41.0 Å². The second-order valence-electron chi connectivity index (χ2n) is 9.23. The van der Waals surface area contributed by atoms with Crippen LogP contribution >= 0.6 is 35.3 Å². The summed E-state index contributed by atoms with van der Waals surface area (Å²) in [6.45, 7) is 1.68. The Bertz CT molecular complexity index is 1290. The fourth-order valence-electron chi connectivity index (χ4n) is 4.66. The molecule has 15 heteroatoms. The lowest BCUT2D eigenvalue weighted by Crippen LogP contribution is -2.56. The van der Waals surface area contributed by atoms with E-state index in [1.165, 1.54) is 23.6 Å². The topological polar surface area (TPSA) is 147 Å². The SMILES string of the molecule is CN1CCc2nc(C(=O)N[C@@H]3C[C@@H](n4cnnc4)CC[C@@H]3NC(=O)C(=O)Nc3ccc(Cl)cn3)sc2C1.Cl. The number of carbonyl (C=O) groups is 3. The third-order valence-corrected chi connectivity index (χ3v) is 7.91. The molecule has 1 fully saturated rings. The van der Waals surface area contributed by atoms with Crippen molar-refractivity contribution >= 4 is 58.9 Å². The number of pyridine rings is 1. The Hall–Kier alpha value is -3.13.